The maximum Gasteiger partial charge on any atom is 0.339 e. The number of carbonyl (C=O) groups is 1. The van der Waals surface area contributed by atoms with E-state index in [-0.39, 0.29) is 5.56 Å². The monoisotopic (exact) mass is 272 g/mol. The van der Waals surface area contributed by atoms with Gasteiger partial charge in [-0.15, -0.1) is 0 Å². The van der Waals surface area contributed by atoms with Crippen LogP contribution >= 0.6 is 0 Å². The van der Waals surface area contributed by atoms with Crippen molar-refractivity contribution in [3.8, 4) is 11.3 Å². The van der Waals surface area contributed by atoms with E-state index in [1.54, 1.807) is 10.9 Å². The molecule has 0 aliphatic carbocycles. The van der Waals surface area contributed by atoms with Crippen LogP contribution in [0.4, 0.5) is 0 Å². The number of hydrogen-bond acceptors (Lipinski definition) is 2. The Morgan fingerprint density at radius 1 is 1.30 bits per heavy atom. The van der Waals surface area contributed by atoms with E-state index in [2.05, 4.69) is 18.9 Å². The van der Waals surface area contributed by atoms with Gasteiger partial charge in [-0.1, -0.05) is 38.1 Å². The lowest BCUT2D eigenvalue weighted by Crippen LogP contribution is -1.97. The van der Waals surface area contributed by atoms with E-state index in [0.717, 1.165) is 12.0 Å². The van der Waals surface area contributed by atoms with Gasteiger partial charge in [0.2, 0.25) is 0 Å². The molecule has 0 unspecified atom stereocenters. The second-order valence-electron chi connectivity index (χ2n) is 5.35. The molecule has 0 fully saturated rings. The second-order valence-corrected chi connectivity index (χ2v) is 5.35. The van der Waals surface area contributed by atoms with Crippen molar-refractivity contribution in [2.75, 3.05) is 0 Å². The lowest BCUT2D eigenvalue weighted by atomic mass is 10.00. The summed E-state index contributed by atoms with van der Waals surface area (Å²) < 4.78 is 1.65. The number of aryl methyl sites for hydroxylation is 1. The van der Waals surface area contributed by atoms with Crippen molar-refractivity contribution in [2.24, 2.45) is 5.92 Å². The predicted molar refractivity (Wildman–Crippen MR) is 78.8 cm³/mol. The molecule has 0 aliphatic rings. The van der Waals surface area contributed by atoms with Crippen LogP contribution in [0, 0.1) is 5.92 Å². The smallest absolute Gasteiger partial charge is 0.339 e. The molecule has 2 aromatic rings. The van der Waals surface area contributed by atoms with Crippen molar-refractivity contribution >= 4 is 5.97 Å². The van der Waals surface area contributed by atoms with Crippen molar-refractivity contribution in [3.63, 3.8) is 0 Å². The standard InChI is InChI=1S/C16H20N2O2/c1-4-18-10-14(16(19)20)15(17-18)13-7-5-12(6-8-13)9-11(2)3/h5-8,10-11H,4,9H2,1-3H3,(H,19,20). The van der Waals surface area contributed by atoms with Crippen LogP contribution in [-0.2, 0) is 13.0 Å². The minimum Gasteiger partial charge on any atom is -0.478 e. The van der Waals surface area contributed by atoms with Gasteiger partial charge < -0.3 is 5.11 Å². The van der Waals surface area contributed by atoms with Crippen LogP contribution in [-0.4, -0.2) is 20.9 Å². The van der Waals surface area contributed by atoms with Crippen LogP contribution in [0.5, 0.6) is 0 Å². The number of benzene rings is 1. The van der Waals surface area contributed by atoms with Crippen molar-refractivity contribution in [2.45, 2.75) is 33.7 Å². The van der Waals surface area contributed by atoms with Crippen molar-refractivity contribution in [3.05, 3.63) is 41.6 Å². The molecule has 2 rings (SSSR count). The largest absolute Gasteiger partial charge is 0.478 e. The fourth-order valence-corrected chi connectivity index (χ4v) is 2.22. The molecule has 1 aromatic heterocycles. The third kappa shape index (κ3) is 3.07. The van der Waals surface area contributed by atoms with Crippen molar-refractivity contribution < 1.29 is 9.90 Å². The Kier molecular flexibility index (Phi) is 4.23. The normalized spacial score (nSPS) is 11.0. The summed E-state index contributed by atoms with van der Waals surface area (Å²) in [6.45, 7) is 6.96. The van der Waals surface area contributed by atoms with E-state index in [1.807, 2.05) is 31.2 Å². The molecule has 1 heterocycles. The van der Waals surface area contributed by atoms with Gasteiger partial charge in [0.25, 0.3) is 0 Å². The summed E-state index contributed by atoms with van der Waals surface area (Å²) in [4.78, 5) is 11.3. The summed E-state index contributed by atoms with van der Waals surface area (Å²) in [5.41, 5.74) is 2.90. The highest BCUT2D eigenvalue weighted by molar-refractivity contribution is 5.94. The molecule has 1 aromatic carbocycles. The van der Waals surface area contributed by atoms with Gasteiger partial charge in [-0.2, -0.15) is 5.10 Å². The van der Waals surface area contributed by atoms with Gasteiger partial charge in [-0.25, -0.2) is 4.79 Å². The maximum absolute atomic E-state index is 11.3. The number of aromatic carboxylic acids is 1. The number of rotatable bonds is 5. The second kappa shape index (κ2) is 5.90. The van der Waals surface area contributed by atoms with Crippen LogP contribution < -0.4 is 0 Å². The highest BCUT2D eigenvalue weighted by atomic mass is 16.4. The summed E-state index contributed by atoms with van der Waals surface area (Å²) in [6.07, 6.45) is 2.61. The maximum atomic E-state index is 11.3. The molecule has 0 saturated carbocycles. The highest BCUT2D eigenvalue weighted by Crippen LogP contribution is 2.23. The molecule has 0 atom stereocenters. The first kappa shape index (κ1) is 14.3. The zero-order valence-corrected chi connectivity index (χ0v) is 12.1. The average molecular weight is 272 g/mol. The first-order valence-electron chi connectivity index (χ1n) is 6.91. The SMILES string of the molecule is CCn1cc(C(=O)O)c(-c2ccc(CC(C)C)cc2)n1. The Balaban J connectivity index is 2.36. The fourth-order valence-electron chi connectivity index (χ4n) is 2.22. The van der Waals surface area contributed by atoms with Crippen molar-refractivity contribution in [1.82, 2.24) is 9.78 Å². The number of carboxylic acid groups (broad SMARTS) is 1. The molecule has 0 amide bonds. The van der Waals surface area contributed by atoms with E-state index in [9.17, 15) is 9.90 Å². The Labute approximate surface area is 119 Å². The minimum atomic E-state index is -0.939. The van der Waals surface area contributed by atoms with Gasteiger partial charge in [-0.05, 0) is 24.8 Å². The topological polar surface area (TPSA) is 55.1 Å². The van der Waals surface area contributed by atoms with Crippen LogP contribution in [0.3, 0.4) is 0 Å². The minimum absolute atomic E-state index is 0.253. The summed E-state index contributed by atoms with van der Waals surface area (Å²) in [5, 5.41) is 13.6. The number of aromatic nitrogens is 2. The van der Waals surface area contributed by atoms with Gasteiger partial charge in [0.05, 0.1) is 0 Å². The number of carboxylic acids is 1. The first-order valence-corrected chi connectivity index (χ1v) is 6.91. The molecule has 1 N–H and O–H groups in total. The molecule has 4 nitrogen and oxygen atoms in total. The van der Waals surface area contributed by atoms with Crippen LogP contribution in [0.1, 0.15) is 36.7 Å². The quantitative estimate of drug-likeness (QED) is 0.906. The summed E-state index contributed by atoms with van der Waals surface area (Å²) >= 11 is 0. The Hall–Kier alpha value is -2.10. The highest BCUT2D eigenvalue weighted by Gasteiger charge is 2.16. The zero-order valence-electron chi connectivity index (χ0n) is 12.1. The molecular weight excluding hydrogens is 252 g/mol. The number of nitrogens with zero attached hydrogens (tertiary/aromatic N) is 2. The molecule has 0 aliphatic heterocycles. The van der Waals surface area contributed by atoms with Crippen molar-refractivity contribution in [1.29, 1.82) is 0 Å². The molecule has 0 saturated heterocycles. The van der Waals surface area contributed by atoms with Gasteiger partial charge in [0, 0.05) is 18.3 Å². The summed E-state index contributed by atoms with van der Waals surface area (Å²) in [5.74, 6) is -0.333. The zero-order chi connectivity index (χ0) is 14.7. The molecule has 106 valence electrons. The molecule has 0 radical (unpaired) electrons. The Morgan fingerprint density at radius 3 is 2.45 bits per heavy atom. The van der Waals surface area contributed by atoms with E-state index in [4.69, 9.17) is 0 Å². The van der Waals surface area contributed by atoms with Crippen LogP contribution in [0.2, 0.25) is 0 Å². The lowest BCUT2D eigenvalue weighted by Gasteiger charge is -2.06. The van der Waals surface area contributed by atoms with E-state index in [0.29, 0.717) is 18.2 Å². The fraction of sp³-hybridized carbons (Fsp3) is 0.375. The third-order valence-corrected chi connectivity index (χ3v) is 3.19. The predicted octanol–water partition coefficient (Wildman–Crippen LogP) is 3.47. The van der Waals surface area contributed by atoms with Gasteiger partial charge in [0.15, 0.2) is 0 Å². The average Bonchev–Trinajstić information content (AvgIpc) is 2.83. The van der Waals surface area contributed by atoms with Gasteiger partial charge in [0.1, 0.15) is 11.3 Å². The van der Waals surface area contributed by atoms with E-state index in [1.165, 1.54) is 5.56 Å². The molecule has 0 spiro atoms. The third-order valence-electron chi connectivity index (χ3n) is 3.19. The van der Waals surface area contributed by atoms with Gasteiger partial charge >= 0.3 is 5.97 Å². The first-order chi connectivity index (χ1) is 9.51. The van der Waals surface area contributed by atoms with E-state index >= 15 is 0 Å². The number of hydrogen-bond donors (Lipinski definition) is 1. The van der Waals surface area contributed by atoms with Crippen LogP contribution in [0.15, 0.2) is 30.5 Å². The summed E-state index contributed by atoms with van der Waals surface area (Å²) in [6, 6.07) is 8.00. The van der Waals surface area contributed by atoms with E-state index < -0.39 is 5.97 Å². The lowest BCUT2D eigenvalue weighted by molar-refractivity contribution is 0.0697. The molecule has 20 heavy (non-hydrogen) atoms. The Bertz CT molecular complexity index is 597. The van der Waals surface area contributed by atoms with Crippen LogP contribution in [0.25, 0.3) is 11.3 Å². The summed E-state index contributed by atoms with van der Waals surface area (Å²) in [7, 11) is 0. The molecule has 4 heteroatoms. The Morgan fingerprint density at radius 2 is 1.95 bits per heavy atom. The van der Waals surface area contributed by atoms with Gasteiger partial charge in [-0.3, -0.25) is 4.68 Å². The molecular formula is C16H20N2O2. The molecule has 0 bridgehead atoms.